The van der Waals surface area contributed by atoms with Gasteiger partial charge in [0.15, 0.2) is 23.0 Å². The summed E-state index contributed by atoms with van der Waals surface area (Å²) in [6, 6.07) is 18.5. The van der Waals surface area contributed by atoms with Crippen LogP contribution in [0.25, 0.3) is 0 Å². The lowest BCUT2D eigenvalue weighted by atomic mass is 9.87. The van der Waals surface area contributed by atoms with Crippen molar-refractivity contribution in [1.29, 1.82) is 0 Å². The molecule has 0 fully saturated rings. The van der Waals surface area contributed by atoms with Gasteiger partial charge in [-0.3, -0.25) is 0 Å². The maximum absolute atomic E-state index is 10.4. The predicted molar refractivity (Wildman–Crippen MR) is 188 cm³/mol. The highest BCUT2D eigenvalue weighted by Gasteiger charge is 2.29. The highest BCUT2D eigenvalue weighted by Crippen LogP contribution is 2.45. The highest BCUT2D eigenvalue weighted by atomic mass is 35.5. The molecule has 0 saturated carbocycles. The molecule has 2 heterocycles. The largest absolute Gasteiger partial charge is 0.508 e. The molecule has 254 valence electrons. The van der Waals surface area contributed by atoms with Crippen molar-refractivity contribution in [2.75, 3.05) is 46.4 Å². The Morgan fingerprint density at radius 2 is 1.23 bits per heavy atom. The van der Waals surface area contributed by atoms with Gasteiger partial charge in [0.25, 0.3) is 0 Å². The quantitative estimate of drug-likeness (QED) is 0.0912. The molecule has 2 aliphatic rings. The summed E-state index contributed by atoms with van der Waals surface area (Å²) in [6.45, 7) is 4.58. The molecule has 2 aliphatic heterocycles. The summed E-state index contributed by atoms with van der Waals surface area (Å²) in [5.74, 6) is -0.0328. The lowest BCUT2D eigenvalue weighted by Gasteiger charge is -2.25. The lowest BCUT2D eigenvalue weighted by molar-refractivity contribution is 0.260. The standard InChI is InChI=1S/C38H42Cl2N2O6/c1-41-16-13-27-29(19-33(44)37(46)35(27)39)31(21-41)24-7-11-26(12-8-24)48-18-4-2-3-15-42-17-14-28-30(20-34(45)38(47)36(28)40)32(22-42)23-5-9-25(43)10-6-23/h5-12,19-20,31-32,43-47H,2-4,13-18,21-22H2,1H3/t31?,32-/m1/s1. The average Bonchev–Trinajstić information content (AvgIpc) is 3.36. The topological polar surface area (TPSA) is 117 Å². The summed E-state index contributed by atoms with van der Waals surface area (Å²) in [5, 5.41) is 51.5. The van der Waals surface area contributed by atoms with E-state index in [9.17, 15) is 25.5 Å². The lowest BCUT2D eigenvalue weighted by Crippen LogP contribution is -2.30. The number of benzene rings is 4. The number of hydrogen-bond donors (Lipinski definition) is 5. The zero-order valence-corrected chi connectivity index (χ0v) is 28.5. The summed E-state index contributed by atoms with van der Waals surface area (Å²) < 4.78 is 6.09. The normalized spacial score (nSPS) is 18.5. The Balaban J connectivity index is 1.03. The molecule has 0 saturated heterocycles. The van der Waals surface area contributed by atoms with Crippen LogP contribution >= 0.6 is 23.2 Å². The maximum Gasteiger partial charge on any atom is 0.176 e. The third kappa shape index (κ3) is 7.27. The van der Waals surface area contributed by atoms with Gasteiger partial charge in [-0.25, -0.2) is 0 Å². The minimum Gasteiger partial charge on any atom is -0.508 e. The first-order valence-electron chi connectivity index (χ1n) is 16.5. The fourth-order valence-electron chi connectivity index (χ4n) is 7.10. The summed E-state index contributed by atoms with van der Waals surface area (Å²) in [7, 11) is 2.07. The van der Waals surface area contributed by atoms with Crippen molar-refractivity contribution in [3.05, 3.63) is 104 Å². The number of phenols is 5. The molecule has 6 rings (SSSR count). The first-order chi connectivity index (χ1) is 23.1. The van der Waals surface area contributed by atoms with Gasteiger partial charge < -0.3 is 40.1 Å². The van der Waals surface area contributed by atoms with Crippen molar-refractivity contribution in [2.24, 2.45) is 0 Å². The molecule has 0 spiro atoms. The van der Waals surface area contributed by atoms with Gasteiger partial charge in [0, 0.05) is 38.0 Å². The number of halogens is 2. The molecule has 0 radical (unpaired) electrons. The molecule has 0 bridgehead atoms. The summed E-state index contributed by atoms with van der Waals surface area (Å²) in [5.41, 5.74) is 5.68. The summed E-state index contributed by atoms with van der Waals surface area (Å²) in [4.78, 5) is 4.64. The van der Waals surface area contributed by atoms with Gasteiger partial charge in [0.2, 0.25) is 0 Å². The Kier molecular flexibility index (Phi) is 10.5. The molecule has 4 aromatic carbocycles. The van der Waals surface area contributed by atoms with Crippen molar-refractivity contribution in [2.45, 2.75) is 43.9 Å². The Bertz CT molecular complexity index is 1750. The molecule has 8 nitrogen and oxygen atoms in total. The van der Waals surface area contributed by atoms with Gasteiger partial charge >= 0.3 is 0 Å². The number of hydrogen-bond acceptors (Lipinski definition) is 8. The zero-order chi connectivity index (χ0) is 33.9. The molecule has 5 N–H and O–H groups in total. The number of aromatic hydroxyl groups is 5. The Hall–Kier alpha value is -3.82. The van der Waals surface area contributed by atoms with Crippen molar-refractivity contribution >= 4 is 23.2 Å². The van der Waals surface area contributed by atoms with Gasteiger partial charge in [0.05, 0.1) is 16.7 Å². The number of nitrogens with zero attached hydrogens (tertiary/aromatic N) is 2. The van der Waals surface area contributed by atoms with Gasteiger partial charge in [-0.15, -0.1) is 0 Å². The van der Waals surface area contributed by atoms with E-state index < -0.39 is 0 Å². The van der Waals surface area contributed by atoms with Gasteiger partial charge in [-0.2, -0.15) is 0 Å². The summed E-state index contributed by atoms with van der Waals surface area (Å²) in [6.07, 6.45) is 4.26. The van der Waals surface area contributed by atoms with Crippen LogP contribution < -0.4 is 4.74 Å². The second-order valence-electron chi connectivity index (χ2n) is 13.0. The second kappa shape index (κ2) is 14.7. The van der Waals surface area contributed by atoms with E-state index in [-0.39, 0.29) is 50.6 Å². The molecule has 0 aromatic heterocycles. The number of fused-ring (bicyclic) bond motifs is 2. The van der Waals surface area contributed by atoms with Crippen molar-refractivity contribution in [3.8, 4) is 34.5 Å². The van der Waals surface area contributed by atoms with Crippen LogP contribution in [0, 0.1) is 0 Å². The SMILES string of the molecule is CN1CCc2c(cc(O)c(O)c2Cl)C(c2ccc(OCCCCCN3CCc4c(cc(O)c(O)c4Cl)[C@@H](c4ccc(O)cc4)C3)cc2)C1. The van der Waals surface area contributed by atoms with E-state index in [0.29, 0.717) is 19.4 Å². The third-order valence-corrected chi connectivity index (χ3v) is 10.6. The Morgan fingerprint density at radius 1 is 0.688 bits per heavy atom. The van der Waals surface area contributed by atoms with E-state index in [1.807, 2.05) is 24.3 Å². The number of likely N-dealkylation sites (N-methyl/N-ethyl adjacent to an activating group) is 1. The van der Waals surface area contributed by atoms with Crippen molar-refractivity contribution in [3.63, 3.8) is 0 Å². The molecule has 0 amide bonds. The molecule has 4 aromatic rings. The van der Waals surface area contributed by atoms with Crippen molar-refractivity contribution in [1.82, 2.24) is 9.80 Å². The number of ether oxygens (including phenoxy) is 1. The minimum atomic E-state index is -0.281. The van der Waals surface area contributed by atoms with E-state index in [1.165, 1.54) is 0 Å². The van der Waals surface area contributed by atoms with Crippen LogP contribution in [-0.2, 0) is 12.8 Å². The van der Waals surface area contributed by atoms with Crippen LogP contribution in [0.2, 0.25) is 10.0 Å². The Morgan fingerprint density at radius 3 is 1.83 bits per heavy atom. The third-order valence-electron chi connectivity index (χ3n) is 9.79. The van der Waals surface area contributed by atoms with E-state index in [1.54, 1.807) is 24.3 Å². The molecule has 1 unspecified atom stereocenters. The molecule has 0 aliphatic carbocycles. The van der Waals surface area contributed by atoms with Crippen LogP contribution in [0.3, 0.4) is 0 Å². The van der Waals surface area contributed by atoms with Crippen LogP contribution in [0.4, 0.5) is 0 Å². The predicted octanol–water partition coefficient (Wildman–Crippen LogP) is 7.38. The highest BCUT2D eigenvalue weighted by molar-refractivity contribution is 6.33. The molecule has 10 heteroatoms. The second-order valence-corrected chi connectivity index (χ2v) is 13.7. The average molecular weight is 694 g/mol. The first kappa shape index (κ1) is 34.1. The zero-order valence-electron chi connectivity index (χ0n) is 27.0. The molecule has 48 heavy (non-hydrogen) atoms. The van der Waals surface area contributed by atoms with Crippen molar-refractivity contribution < 1.29 is 30.3 Å². The minimum absolute atomic E-state index is 0.00151. The monoisotopic (exact) mass is 692 g/mol. The fourth-order valence-corrected chi connectivity index (χ4v) is 7.70. The van der Waals surface area contributed by atoms with Crippen LogP contribution in [0.1, 0.15) is 64.5 Å². The Labute approximate surface area is 291 Å². The molecule has 2 atom stereocenters. The van der Waals surface area contributed by atoms with E-state index in [2.05, 4.69) is 29.0 Å². The smallest absolute Gasteiger partial charge is 0.176 e. The number of rotatable bonds is 9. The van der Waals surface area contributed by atoms with Gasteiger partial charge in [-0.1, -0.05) is 47.5 Å². The fraction of sp³-hybridized carbons (Fsp3) is 0.368. The van der Waals surface area contributed by atoms with E-state index >= 15 is 0 Å². The molecular weight excluding hydrogens is 651 g/mol. The van der Waals surface area contributed by atoms with Crippen LogP contribution in [0.15, 0.2) is 60.7 Å². The van der Waals surface area contributed by atoms with Gasteiger partial charge in [-0.05, 0) is 115 Å². The number of unbranched alkanes of at least 4 members (excludes halogenated alkanes) is 2. The van der Waals surface area contributed by atoms with E-state index in [0.717, 1.165) is 91.1 Å². The van der Waals surface area contributed by atoms with Crippen LogP contribution in [0.5, 0.6) is 34.5 Å². The summed E-state index contributed by atoms with van der Waals surface area (Å²) >= 11 is 13.0. The van der Waals surface area contributed by atoms with E-state index in [4.69, 9.17) is 27.9 Å². The molecular formula is C38H42Cl2N2O6. The first-order valence-corrected chi connectivity index (χ1v) is 17.2. The maximum atomic E-state index is 10.4. The van der Waals surface area contributed by atoms with Crippen LogP contribution in [-0.4, -0.2) is 81.7 Å². The van der Waals surface area contributed by atoms with Gasteiger partial charge in [0.1, 0.15) is 11.5 Å². The number of phenolic OH excluding ortho intramolecular Hbond substituents is 5.